The number of allylic oxidation sites excluding steroid dienone is 1. The molecular weight excluding hydrogens is 1440 g/mol. The lowest BCUT2D eigenvalue weighted by molar-refractivity contribution is -0.220. The molecule has 9 N–H and O–H groups in total. The summed E-state index contributed by atoms with van der Waals surface area (Å²) < 4.78 is 23.4. The molecule has 2 saturated heterocycles. The second-order valence-electron chi connectivity index (χ2n) is 29.2. The molecule has 3 aromatic rings. The lowest BCUT2D eigenvalue weighted by atomic mass is 9.89. The van der Waals surface area contributed by atoms with Gasteiger partial charge in [0.25, 0.3) is 5.91 Å². The number of ether oxygens (including phenoxy) is 4. The Morgan fingerprint density at radius 2 is 1.40 bits per heavy atom. The van der Waals surface area contributed by atoms with E-state index < -0.39 is 114 Å². The Hall–Kier alpha value is -8.18. The summed E-state index contributed by atoms with van der Waals surface area (Å²) in [4.78, 5) is 167. The van der Waals surface area contributed by atoms with Crippen molar-refractivity contribution < 1.29 is 81.7 Å². The fourth-order valence-electron chi connectivity index (χ4n) is 13.6. The number of aldehydes is 1. The number of rotatable bonds is 49. The third-order valence-corrected chi connectivity index (χ3v) is 20.9. The molecule has 12 atom stereocenters. The van der Waals surface area contributed by atoms with E-state index >= 15 is 4.79 Å². The van der Waals surface area contributed by atoms with E-state index in [1.165, 1.54) is 23.5 Å². The molecule has 10 amide bonds. The van der Waals surface area contributed by atoms with Gasteiger partial charge in [-0.2, -0.15) is 5.06 Å². The first-order chi connectivity index (χ1) is 52.6. The van der Waals surface area contributed by atoms with Crippen molar-refractivity contribution in [2.45, 2.75) is 181 Å². The molecule has 2 aliphatic rings. The normalized spacial score (nSPS) is 17.1. The van der Waals surface area contributed by atoms with Crippen molar-refractivity contribution in [1.82, 2.24) is 67.0 Å². The highest BCUT2D eigenvalue weighted by Gasteiger charge is 2.45. The number of anilines is 1. The van der Waals surface area contributed by atoms with Crippen LogP contribution in [0.1, 0.15) is 142 Å². The number of benzene rings is 2. The molecule has 0 radical (unpaired) electrons. The fraction of sp³-hybridized carbons (Fsp3) is 0.641. The molecule has 0 saturated carbocycles. The quantitative estimate of drug-likeness (QED) is 0.0166. The highest BCUT2D eigenvalue weighted by atomic mass is 32.1. The average Bonchev–Trinajstić information content (AvgIpc) is 1.64. The third kappa shape index (κ3) is 29.5. The lowest BCUT2D eigenvalue weighted by Crippen LogP contribution is -2.60. The number of piperazine rings is 1. The van der Waals surface area contributed by atoms with Crippen LogP contribution in [0.2, 0.25) is 0 Å². The van der Waals surface area contributed by atoms with Crippen LogP contribution >= 0.6 is 11.3 Å². The summed E-state index contributed by atoms with van der Waals surface area (Å²) in [5.74, 6) is -6.33. The van der Waals surface area contributed by atoms with E-state index in [9.17, 15) is 53.2 Å². The van der Waals surface area contributed by atoms with Gasteiger partial charge in [-0.3, -0.25) is 57.6 Å². The number of thiazole rings is 1. The third-order valence-electron chi connectivity index (χ3n) is 20.0. The summed E-state index contributed by atoms with van der Waals surface area (Å²) in [5.41, 5.74) is 3.81. The largest absolute Gasteiger partial charge is 0.379 e. The van der Waals surface area contributed by atoms with E-state index in [-0.39, 0.29) is 114 Å². The van der Waals surface area contributed by atoms with Crippen LogP contribution in [0.3, 0.4) is 0 Å². The number of aromatic nitrogens is 1. The number of carbonyl (C=O) groups is 11. The SMILES string of the molecule is CC[C@H](C)[C@@H]([C@@H](CC(=O)N1CCC[C@H]1[C@H](OC)[C@@H](C)C(=O)N[C@@H](Cc1ccccc1)c1nccs1)OC)N(C)C(=O)[C@@H](NC(=O)[C@H](C(C)C)N(C)OC(C(=O)N1CCN(C)CC1)c1ccc(NC(=O)[C@H](CCCNO)NC(=O)[C@@H](NC(=O)CCOCCOCCNC(=O)CCNC(=O)/C=C\C=O)C(C)C)cc1)C(C)C. The van der Waals surface area contributed by atoms with Gasteiger partial charge in [-0.15, -0.1) is 11.3 Å². The maximum atomic E-state index is 15.2. The smallest absolute Gasteiger partial charge is 0.258 e. The van der Waals surface area contributed by atoms with Crippen LogP contribution in [0.15, 0.2) is 78.3 Å². The number of likely N-dealkylation sites (tertiary alicyclic amines) is 1. The lowest BCUT2D eigenvalue weighted by Gasteiger charge is -2.41. The van der Waals surface area contributed by atoms with Crippen LogP contribution in [0.4, 0.5) is 5.69 Å². The van der Waals surface area contributed by atoms with Crippen molar-refractivity contribution in [2.24, 2.45) is 29.6 Å². The van der Waals surface area contributed by atoms with Crippen LogP contribution in [0.5, 0.6) is 0 Å². The van der Waals surface area contributed by atoms with E-state index in [0.717, 1.165) is 22.7 Å². The van der Waals surface area contributed by atoms with Gasteiger partial charge in [0.15, 0.2) is 6.10 Å². The van der Waals surface area contributed by atoms with E-state index in [1.807, 2.05) is 91.2 Å². The topological polar surface area (TPSA) is 379 Å². The molecule has 0 spiro atoms. The van der Waals surface area contributed by atoms with Gasteiger partial charge >= 0.3 is 0 Å². The van der Waals surface area contributed by atoms with Crippen molar-refractivity contribution in [3.63, 3.8) is 0 Å². The van der Waals surface area contributed by atoms with Gasteiger partial charge in [-0.1, -0.05) is 111 Å². The second kappa shape index (κ2) is 48.6. The Morgan fingerprint density at radius 3 is 2.01 bits per heavy atom. The highest BCUT2D eigenvalue weighted by Crippen LogP contribution is 2.32. The summed E-state index contributed by atoms with van der Waals surface area (Å²) in [5, 5.41) is 33.3. The number of carbonyl (C=O) groups excluding carboxylic acids is 11. The van der Waals surface area contributed by atoms with Gasteiger partial charge in [0, 0.05) is 117 Å². The molecule has 110 heavy (non-hydrogen) atoms. The molecular formula is C78H122N14O17S. The number of nitrogens with one attached hydrogen (secondary N) is 8. The van der Waals surface area contributed by atoms with E-state index in [1.54, 1.807) is 80.2 Å². The molecule has 3 heterocycles. The van der Waals surface area contributed by atoms with Crippen molar-refractivity contribution in [1.29, 1.82) is 0 Å². The van der Waals surface area contributed by atoms with Crippen molar-refractivity contribution in [3.05, 3.63) is 94.5 Å². The second-order valence-corrected chi connectivity index (χ2v) is 30.1. The summed E-state index contributed by atoms with van der Waals surface area (Å²) in [7, 11) is 8.29. The Labute approximate surface area is 652 Å². The molecule has 2 aliphatic heterocycles. The van der Waals surface area contributed by atoms with Gasteiger partial charge < -0.3 is 81.0 Å². The minimum atomic E-state index is -1.29. The van der Waals surface area contributed by atoms with Gasteiger partial charge in [-0.25, -0.2) is 10.5 Å². The predicted octanol–water partition coefficient (Wildman–Crippen LogP) is 4.13. The average molecular weight is 1560 g/mol. The predicted molar refractivity (Wildman–Crippen MR) is 415 cm³/mol. The number of likely N-dealkylation sites (N-methyl/N-ethyl adjacent to an activating group) is 3. The first kappa shape index (κ1) is 92.4. The monoisotopic (exact) mass is 1560 g/mol. The van der Waals surface area contributed by atoms with Gasteiger partial charge in [0.1, 0.15) is 35.5 Å². The van der Waals surface area contributed by atoms with Crippen LogP contribution in [0, 0.1) is 29.6 Å². The molecule has 1 unspecified atom stereocenters. The molecule has 31 nitrogen and oxygen atoms in total. The molecule has 1 aromatic heterocycles. The van der Waals surface area contributed by atoms with Gasteiger partial charge in [0.2, 0.25) is 53.2 Å². The van der Waals surface area contributed by atoms with Crippen molar-refractivity contribution >= 4 is 82.4 Å². The fourth-order valence-corrected chi connectivity index (χ4v) is 14.3. The van der Waals surface area contributed by atoms with Crippen LogP contribution in [0.25, 0.3) is 0 Å². The molecule has 0 aliphatic carbocycles. The first-order valence-corrected chi connectivity index (χ1v) is 39.2. The molecule has 2 fully saturated rings. The van der Waals surface area contributed by atoms with Crippen molar-refractivity contribution in [2.75, 3.05) is 119 Å². The Morgan fingerprint density at radius 1 is 0.718 bits per heavy atom. The van der Waals surface area contributed by atoms with Gasteiger partial charge in [0.05, 0.1) is 69.1 Å². The van der Waals surface area contributed by atoms with Gasteiger partial charge in [-0.05, 0) is 92.2 Å². The zero-order chi connectivity index (χ0) is 81.0. The van der Waals surface area contributed by atoms with Crippen LogP contribution < -0.4 is 42.7 Å². The van der Waals surface area contributed by atoms with E-state index in [2.05, 4.69) is 52.6 Å². The Balaban J connectivity index is 1.24. The standard InChI is InChI=1S/C78H122N14O17S/c1-15-53(8)69(61(105-13)49-65(97)92-37-20-25-60(92)70(106-14)54(9)72(98)85-59(76-81-36-47-110-76)48-55-22-17-16-18-23-55)89(11)77(102)67(51(4)5)87-75(101)68(52(6)7)90(12)109-71(78(103)91-40-38-88(10)39-41-91)56-27-29-57(30-28-56)83-73(99)58(24-19-33-82-104)84-74(100)66(50(2)3)86-64(96)32-43-107-45-46-108-44-35-80-63(95)31-34-79-62(94)26-21-42-93/h16-18,21-23,26-30,36,42,47,50-54,58-61,66-71,82,104H,15,19-20,24-25,31-35,37-41,43-46,48-49H2,1-14H3,(H,79,94)(H,80,95)(H,83,99)(H,84,100)(H,85,98)(H,86,96)(H,87,101)/b26-21-/t53-,54+,58-,59-,60-,61+,66-,67-,68-,69-,70+,71?/m0/s1. The molecule has 32 heteroatoms. The summed E-state index contributed by atoms with van der Waals surface area (Å²) in [6.07, 6.45) is 4.27. The number of methoxy groups -OCH3 is 2. The Kier molecular flexibility index (Phi) is 40.8. The van der Waals surface area contributed by atoms with Crippen LogP contribution in [-0.2, 0) is 82.9 Å². The number of nitrogens with zero attached hydrogens (tertiary/aromatic N) is 6. The van der Waals surface area contributed by atoms with E-state index in [4.69, 9.17) is 23.8 Å². The zero-order valence-electron chi connectivity index (χ0n) is 66.7. The number of hydrogen-bond acceptors (Lipinski definition) is 22. The number of amides is 10. The maximum Gasteiger partial charge on any atom is 0.258 e. The zero-order valence-corrected chi connectivity index (χ0v) is 67.5. The number of hydroxylamine groups is 3. The summed E-state index contributed by atoms with van der Waals surface area (Å²) in [6.45, 7) is 20.0. The highest BCUT2D eigenvalue weighted by molar-refractivity contribution is 7.09. The van der Waals surface area contributed by atoms with Crippen molar-refractivity contribution in [3.8, 4) is 0 Å². The minimum Gasteiger partial charge on any atom is -0.379 e. The molecule has 2 aromatic carbocycles. The molecule has 5 rings (SSSR count). The minimum absolute atomic E-state index is 0.0104. The molecule has 612 valence electrons. The maximum absolute atomic E-state index is 15.2. The Bertz CT molecular complexity index is 3380. The van der Waals surface area contributed by atoms with E-state index in [0.29, 0.717) is 75.9 Å². The van der Waals surface area contributed by atoms with Crippen LogP contribution in [-0.4, -0.2) is 263 Å². The summed E-state index contributed by atoms with van der Waals surface area (Å²) in [6, 6.07) is 10.6. The number of hydrogen-bond donors (Lipinski definition) is 9. The first-order valence-electron chi connectivity index (χ1n) is 38.3. The summed E-state index contributed by atoms with van der Waals surface area (Å²) >= 11 is 1.47. The molecule has 0 bridgehead atoms.